The molecule has 0 spiro atoms. The van der Waals surface area contributed by atoms with Crippen LogP contribution in [-0.4, -0.2) is 31.1 Å². The second-order valence-corrected chi connectivity index (χ2v) is 5.53. The molecule has 0 saturated carbocycles. The predicted molar refractivity (Wildman–Crippen MR) is 79.4 cm³/mol. The van der Waals surface area contributed by atoms with Crippen molar-refractivity contribution >= 4 is 0 Å². The van der Waals surface area contributed by atoms with Crippen molar-refractivity contribution in [3.05, 3.63) is 29.3 Å². The minimum absolute atomic E-state index is 0.416. The van der Waals surface area contributed by atoms with Crippen molar-refractivity contribution in [2.24, 2.45) is 11.7 Å². The predicted octanol–water partition coefficient (Wildman–Crippen LogP) is 2.13. The molecular weight excluding hydrogens is 250 g/mol. The van der Waals surface area contributed by atoms with Gasteiger partial charge in [-0.3, -0.25) is 4.90 Å². The van der Waals surface area contributed by atoms with Crippen molar-refractivity contribution in [1.82, 2.24) is 4.90 Å². The minimum Gasteiger partial charge on any atom is -0.496 e. The number of ether oxygens (including phenoxy) is 1. The van der Waals surface area contributed by atoms with E-state index >= 15 is 0 Å². The number of benzene rings is 1. The zero-order valence-electron chi connectivity index (χ0n) is 12.3. The molecule has 2 unspecified atom stereocenters. The van der Waals surface area contributed by atoms with Crippen LogP contribution >= 0.6 is 0 Å². The highest BCUT2D eigenvalue weighted by Gasteiger charge is 2.27. The molecule has 1 heterocycles. The Hall–Kier alpha value is -1.57. The number of hydrogen-bond donors (Lipinski definition) is 1. The molecule has 0 aliphatic carbocycles. The van der Waals surface area contributed by atoms with Crippen LogP contribution in [0.25, 0.3) is 0 Å². The van der Waals surface area contributed by atoms with Gasteiger partial charge < -0.3 is 10.5 Å². The quantitative estimate of drug-likeness (QED) is 0.913. The summed E-state index contributed by atoms with van der Waals surface area (Å²) in [7, 11) is 1.67. The molecule has 1 aromatic carbocycles. The maximum Gasteiger partial charge on any atom is 0.123 e. The van der Waals surface area contributed by atoms with Crippen LogP contribution in [0.15, 0.2) is 18.2 Å². The van der Waals surface area contributed by atoms with Gasteiger partial charge in [0.15, 0.2) is 0 Å². The number of nitrogens with two attached hydrogens (primary N) is 1. The summed E-state index contributed by atoms with van der Waals surface area (Å²) >= 11 is 0. The van der Waals surface area contributed by atoms with E-state index in [9.17, 15) is 0 Å². The molecular formula is C16H23N3O. The fourth-order valence-electron chi connectivity index (χ4n) is 3.10. The molecule has 1 saturated heterocycles. The van der Waals surface area contributed by atoms with E-state index in [-0.39, 0.29) is 0 Å². The normalized spacial score (nSPS) is 23.3. The van der Waals surface area contributed by atoms with Gasteiger partial charge >= 0.3 is 0 Å². The van der Waals surface area contributed by atoms with E-state index < -0.39 is 0 Å². The van der Waals surface area contributed by atoms with Crippen LogP contribution in [0.3, 0.4) is 0 Å². The number of rotatable bonds is 4. The Kier molecular flexibility index (Phi) is 4.99. The molecule has 0 bridgehead atoms. The topological polar surface area (TPSA) is 62.3 Å². The molecule has 0 amide bonds. The highest BCUT2D eigenvalue weighted by Crippen LogP contribution is 2.27. The molecule has 0 aromatic heterocycles. The van der Waals surface area contributed by atoms with Crippen LogP contribution in [0.4, 0.5) is 0 Å². The third-order valence-electron chi connectivity index (χ3n) is 4.26. The first-order valence-corrected chi connectivity index (χ1v) is 7.20. The third kappa shape index (κ3) is 3.12. The van der Waals surface area contributed by atoms with Gasteiger partial charge in [-0.05, 0) is 43.5 Å². The lowest BCUT2D eigenvalue weighted by Crippen LogP contribution is -2.48. The summed E-state index contributed by atoms with van der Waals surface area (Å²) < 4.78 is 5.41. The van der Waals surface area contributed by atoms with Crippen molar-refractivity contribution < 1.29 is 4.74 Å². The van der Waals surface area contributed by atoms with Crippen LogP contribution in [0.1, 0.15) is 30.9 Å². The molecule has 2 rings (SSSR count). The summed E-state index contributed by atoms with van der Waals surface area (Å²) in [5.41, 5.74) is 7.68. The lowest BCUT2D eigenvalue weighted by atomic mass is 9.90. The molecule has 1 aliphatic heterocycles. The van der Waals surface area contributed by atoms with E-state index in [1.54, 1.807) is 13.2 Å². The average Bonchev–Trinajstić information content (AvgIpc) is 2.47. The Bertz CT molecular complexity index is 495. The molecule has 0 radical (unpaired) electrons. The molecule has 1 aliphatic rings. The largest absolute Gasteiger partial charge is 0.496 e. The second-order valence-electron chi connectivity index (χ2n) is 5.53. The summed E-state index contributed by atoms with van der Waals surface area (Å²) in [5.74, 6) is 1.47. The zero-order valence-corrected chi connectivity index (χ0v) is 12.3. The number of methoxy groups -OCH3 is 1. The number of piperidine rings is 1. The fraction of sp³-hybridized carbons (Fsp3) is 0.562. The first-order chi connectivity index (χ1) is 9.69. The number of hydrogen-bond acceptors (Lipinski definition) is 4. The SMILES string of the molecule is COc1ccc(C#N)cc1CN1CCCC(C)C1CN. The Balaban J connectivity index is 2.21. The van der Waals surface area contributed by atoms with Gasteiger partial charge in [0.2, 0.25) is 0 Å². The van der Waals surface area contributed by atoms with Crippen molar-refractivity contribution in [3.63, 3.8) is 0 Å². The van der Waals surface area contributed by atoms with E-state index in [2.05, 4.69) is 17.9 Å². The molecule has 1 fully saturated rings. The fourth-order valence-corrected chi connectivity index (χ4v) is 3.10. The Morgan fingerprint density at radius 2 is 2.30 bits per heavy atom. The van der Waals surface area contributed by atoms with E-state index in [1.165, 1.54) is 12.8 Å². The Morgan fingerprint density at radius 3 is 2.95 bits per heavy atom. The van der Waals surface area contributed by atoms with Crippen LogP contribution in [-0.2, 0) is 6.54 Å². The van der Waals surface area contributed by atoms with Crippen molar-refractivity contribution in [1.29, 1.82) is 5.26 Å². The Labute approximate surface area is 121 Å². The highest BCUT2D eigenvalue weighted by molar-refractivity contribution is 5.42. The van der Waals surface area contributed by atoms with Crippen molar-refractivity contribution in [2.75, 3.05) is 20.2 Å². The van der Waals surface area contributed by atoms with Gasteiger partial charge in [-0.15, -0.1) is 0 Å². The van der Waals surface area contributed by atoms with E-state index in [1.807, 2.05) is 12.1 Å². The van der Waals surface area contributed by atoms with Gasteiger partial charge in [0.1, 0.15) is 5.75 Å². The second kappa shape index (κ2) is 6.74. The smallest absolute Gasteiger partial charge is 0.123 e. The molecule has 108 valence electrons. The zero-order chi connectivity index (χ0) is 14.5. The Morgan fingerprint density at radius 1 is 1.50 bits per heavy atom. The standard InChI is InChI=1S/C16H23N3O/c1-12-4-3-7-19(15(12)10-18)11-14-8-13(9-17)5-6-16(14)20-2/h5-6,8,12,15H,3-4,7,10-11,18H2,1-2H3. The molecule has 4 heteroatoms. The highest BCUT2D eigenvalue weighted by atomic mass is 16.5. The van der Waals surface area contributed by atoms with Gasteiger partial charge in [-0.2, -0.15) is 5.26 Å². The summed E-state index contributed by atoms with van der Waals surface area (Å²) in [4.78, 5) is 2.42. The summed E-state index contributed by atoms with van der Waals surface area (Å²) in [5, 5.41) is 9.05. The van der Waals surface area contributed by atoms with Gasteiger partial charge in [0, 0.05) is 24.7 Å². The molecule has 4 nitrogen and oxygen atoms in total. The van der Waals surface area contributed by atoms with Crippen molar-refractivity contribution in [2.45, 2.75) is 32.4 Å². The number of nitrogens with zero attached hydrogens (tertiary/aromatic N) is 2. The van der Waals surface area contributed by atoms with Gasteiger partial charge in [-0.1, -0.05) is 6.92 Å². The third-order valence-corrected chi connectivity index (χ3v) is 4.26. The maximum absolute atomic E-state index is 9.05. The lowest BCUT2D eigenvalue weighted by molar-refractivity contribution is 0.0982. The summed E-state index contributed by atoms with van der Waals surface area (Å²) in [6.07, 6.45) is 2.45. The number of nitriles is 1. The van der Waals surface area contributed by atoms with Crippen LogP contribution < -0.4 is 10.5 Å². The van der Waals surface area contributed by atoms with Gasteiger partial charge in [0.25, 0.3) is 0 Å². The molecule has 1 aromatic rings. The van der Waals surface area contributed by atoms with Crippen molar-refractivity contribution in [3.8, 4) is 11.8 Å². The summed E-state index contributed by atoms with van der Waals surface area (Å²) in [6, 6.07) is 8.20. The maximum atomic E-state index is 9.05. The van der Waals surface area contributed by atoms with E-state index in [0.717, 1.165) is 24.4 Å². The minimum atomic E-state index is 0.416. The van der Waals surface area contributed by atoms with Crippen LogP contribution in [0.5, 0.6) is 5.75 Å². The van der Waals surface area contributed by atoms with Gasteiger partial charge in [-0.25, -0.2) is 0 Å². The number of likely N-dealkylation sites (tertiary alicyclic amines) is 1. The lowest BCUT2D eigenvalue weighted by Gasteiger charge is -2.39. The molecule has 2 N–H and O–H groups in total. The van der Waals surface area contributed by atoms with Gasteiger partial charge in [0.05, 0.1) is 18.7 Å². The van der Waals surface area contributed by atoms with E-state index in [0.29, 0.717) is 24.1 Å². The molecule has 2 atom stereocenters. The first kappa shape index (κ1) is 14.8. The first-order valence-electron chi connectivity index (χ1n) is 7.20. The average molecular weight is 273 g/mol. The molecule has 20 heavy (non-hydrogen) atoms. The van der Waals surface area contributed by atoms with E-state index in [4.69, 9.17) is 15.7 Å². The monoisotopic (exact) mass is 273 g/mol. The van der Waals surface area contributed by atoms with Crippen LogP contribution in [0, 0.1) is 17.2 Å². The van der Waals surface area contributed by atoms with Crippen LogP contribution in [0.2, 0.25) is 0 Å². The summed E-state index contributed by atoms with van der Waals surface area (Å²) in [6.45, 7) is 4.81.